The molecule has 1 unspecified atom stereocenters. The lowest BCUT2D eigenvalue weighted by molar-refractivity contribution is -0.161. The lowest BCUT2D eigenvalue weighted by Crippen LogP contribution is -2.57. The first kappa shape index (κ1) is 20.9. The van der Waals surface area contributed by atoms with Crippen LogP contribution < -0.4 is 5.43 Å². The van der Waals surface area contributed by atoms with Crippen LogP contribution in [0.4, 0.5) is 0 Å². The van der Waals surface area contributed by atoms with Gasteiger partial charge in [-0.2, -0.15) is 5.10 Å². The molecule has 2 N–H and O–H groups in total. The van der Waals surface area contributed by atoms with Gasteiger partial charge < -0.3 is 9.84 Å². The zero-order valence-electron chi connectivity index (χ0n) is 18.7. The van der Waals surface area contributed by atoms with Crippen LogP contribution in [0, 0.1) is 40.4 Å². The summed E-state index contributed by atoms with van der Waals surface area (Å²) in [5.74, 6) is 3.20. The summed E-state index contributed by atoms with van der Waals surface area (Å²) in [5, 5.41) is 16.3. The van der Waals surface area contributed by atoms with Gasteiger partial charge in [0.15, 0.2) is 5.78 Å². The van der Waals surface area contributed by atoms with Crippen LogP contribution in [0.15, 0.2) is 5.10 Å². The predicted octanol–water partition coefficient (Wildman–Crippen LogP) is 3.01. The molecule has 0 bridgehead atoms. The number of hydrogen-bond acceptors (Lipinski definition) is 6. The summed E-state index contributed by atoms with van der Waals surface area (Å²) < 4.78 is 5.83. The maximum Gasteiger partial charge on any atom is 0.159 e. The topological polar surface area (TPSA) is 74.2 Å². The average molecular weight is 418 g/mol. The molecule has 8 atom stereocenters. The van der Waals surface area contributed by atoms with E-state index in [9.17, 15) is 9.90 Å². The Labute approximate surface area is 180 Å². The van der Waals surface area contributed by atoms with E-state index in [1.165, 1.54) is 25.7 Å². The highest BCUT2D eigenvalue weighted by Gasteiger charge is 2.62. The second kappa shape index (κ2) is 7.86. The Hall–Kier alpha value is -0.980. The molecular weight excluding hydrogens is 378 g/mol. The third-order valence-electron chi connectivity index (χ3n) is 10.0. The van der Waals surface area contributed by atoms with Crippen molar-refractivity contribution in [3.05, 3.63) is 0 Å². The number of hydrazine groups is 1. The van der Waals surface area contributed by atoms with Gasteiger partial charge in [-0.15, -0.1) is 0 Å². The number of rotatable bonds is 5. The maximum absolute atomic E-state index is 13.2. The molecule has 4 aliphatic carbocycles. The quantitative estimate of drug-likeness (QED) is 0.719. The minimum atomic E-state index is -0.124. The van der Waals surface area contributed by atoms with Crippen LogP contribution in [-0.2, 0) is 9.53 Å². The van der Waals surface area contributed by atoms with E-state index in [1.54, 1.807) is 5.12 Å². The first-order valence-electron chi connectivity index (χ1n) is 12.2. The average Bonchev–Trinajstić information content (AvgIpc) is 3.35. The summed E-state index contributed by atoms with van der Waals surface area (Å²) in [5.41, 5.74) is 3.53. The lowest BCUT2D eigenvalue weighted by Gasteiger charge is -2.61. The molecule has 5 rings (SSSR count). The summed E-state index contributed by atoms with van der Waals surface area (Å²) in [4.78, 5) is 13.2. The molecule has 4 fully saturated rings. The fourth-order valence-electron chi connectivity index (χ4n) is 8.79. The van der Waals surface area contributed by atoms with E-state index in [1.807, 2.05) is 13.3 Å². The van der Waals surface area contributed by atoms with Gasteiger partial charge in [0, 0.05) is 19.2 Å². The molecule has 0 saturated heterocycles. The summed E-state index contributed by atoms with van der Waals surface area (Å²) in [6.45, 7) is 4.38. The third-order valence-corrected chi connectivity index (χ3v) is 10.0. The molecule has 0 aromatic rings. The minimum absolute atomic E-state index is 0.124. The molecule has 4 saturated carbocycles. The van der Waals surface area contributed by atoms with Crippen LogP contribution >= 0.6 is 0 Å². The van der Waals surface area contributed by atoms with Gasteiger partial charge >= 0.3 is 0 Å². The van der Waals surface area contributed by atoms with Gasteiger partial charge in [-0.05, 0) is 92.3 Å². The van der Waals surface area contributed by atoms with E-state index < -0.39 is 0 Å². The summed E-state index contributed by atoms with van der Waals surface area (Å²) in [6.07, 6.45) is 11.8. The zero-order valence-corrected chi connectivity index (χ0v) is 18.7. The molecule has 1 aliphatic heterocycles. The van der Waals surface area contributed by atoms with Crippen molar-refractivity contribution < 1.29 is 14.6 Å². The number of Topliss-reactive ketones (excluding diaryl/α,β-unsaturated/α-hetero) is 1. The lowest BCUT2D eigenvalue weighted by atomic mass is 9.44. The van der Waals surface area contributed by atoms with Gasteiger partial charge in [0.05, 0.1) is 19.3 Å². The van der Waals surface area contributed by atoms with E-state index in [0.717, 1.165) is 45.3 Å². The summed E-state index contributed by atoms with van der Waals surface area (Å²) >= 11 is 0. The Balaban J connectivity index is 1.36. The molecule has 0 amide bonds. The summed E-state index contributed by atoms with van der Waals surface area (Å²) in [6, 6.07) is 0. The van der Waals surface area contributed by atoms with Crippen molar-refractivity contribution in [1.29, 1.82) is 0 Å². The van der Waals surface area contributed by atoms with Crippen LogP contribution in [0.2, 0.25) is 0 Å². The number of ketones is 1. The number of ether oxygens (including phenoxy) is 1. The molecule has 6 heteroatoms. The van der Waals surface area contributed by atoms with Crippen LogP contribution in [-0.4, -0.2) is 55.1 Å². The monoisotopic (exact) mass is 417 g/mol. The standard InChI is InChI=1S/C24H39N3O3/c1-23-9-8-20-18(4-3-16-13-17(28)7-10-24(16,20)15-30-2)19(23)5-6-21(23)22(29)14-27-25-11-12-26-27/h11,16-21,26,28H,3-10,12-15H2,1-2H3/t16-,17+,18-,19-,20?,21+,23-,24+/m0/s1. The Kier molecular flexibility index (Phi) is 5.47. The fraction of sp³-hybridized carbons (Fsp3) is 0.917. The summed E-state index contributed by atoms with van der Waals surface area (Å²) in [7, 11) is 1.85. The number of carbonyl (C=O) groups excluding carboxylic acids is 1. The number of methoxy groups -OCH3 is 1. The van der Waals surface area contributed by atoms with Gasteiger partial charge in [0.25, 0.3) is 0 Å². The highest BCUT2D eigenvalue weighted by atomic mass is 16.5. The first-order valence-corrected chi connectivity index (χ1v) is 12.2. The molecule has 6 nitrogen and oxygen atoms in total. The zero-order chi connectivity index (χ0) is 20.9. The van der Waals surface area contributed by atoms with E-state index in [4.69, 9.17) is 4.74 Å². The SMILES string of the molecule is COC[C@]12CC[C@@H](O)C[C@@H]1CC[C@@H]1C2CC[C@]2(C)[C@@H](C(=O)CN3N=CCN3)CC[C@@H]12. The Morgan fingerprint density at radius 3 is 2.83 bits per heavy atom. The maximum atomic E-state index is 13.2. The Morgan fingerprint density at radius 1 is 1.20 bits per heavy atom. The largest absolute Gasteiger partial charge is 0.393 e. The molecule has 0 radical (unpaired) electrons. The molecule has 168 valence electrons. The van der Waals surface area contributed by atoms with Crippen molar-refractivity contribution in [3.63, 3.8) is 0 Å². The van der Waals surface area contributed by atoms with Gasteiger partial charge in [0.2, 0.25) is 0 Å². The fourth-order valence-corrected chi connectivity index (χ4v) is 8.79. The third kappa shape index (κ3) is 3.17. The normalized spacial score (nSPS) is 47.6. The Morgan fingerprint density at radius 2 is 2.07 bits per heavy atom. The molecule has 0 spiro atoms. The van der Waals surface area contributed by atoms with Crippen molar-refractivity contribution in [3.8, 4) is 0 Å². The van der Waals surface area contributed by atoms with E-state index in [-0.39, 0.29) is 22.9 Å². The molecule has 0 aromatic heterocycles. The Bertz CT molecular complexity index is 699. The van der Waals surface area contributed by atoms with Gasteiger partial charge in [-0.25, -0.2) is 10.5 Å². The molecular formula is C24H39N3O3. The van der Waals surface area contributed by atoms with Gasteiger partial charge in [0.1, 0.15) is 6.54 Å². The van der Waals surface area contributed by atoms with Gasteiger partial charge in [-0.3, -0.25) is 4.79 Å². The van der Waals surface area contributed by atoms with Crippen molar-refractivity contribution in [2.45, 2.75) is 70.8 Å². The molecule has 1 heterocycles. The predicted molar refractivity (Wildman–Crippen MR) is 116 cm³/mol. The van der Waals surface area contributed by atoms with Crippen molar-refractivity contribution in [2.24, 2.45) is 45.5 Å². The number of hydrazone groups is 1. The van der Waals surface area contributed by atoms with Crippen LogP contribution in [0.1, 0.15) is 64.7 Å². The first-order chi connectivity index (χ1) is 14.5. The van der Waals surface area contributed by atoms with E-state index in [2.05, 4.69) is 17.5 Å². The minimum Gasteiger partial charge on any atom is -0.393 e. The van der Waals surface area contributed by atoms with Crippen LogP contribution in [0.3, 0.4) is 0 Å². The molecule has 0 aromatic carbocycles. The number of nitrogens with one attached hydrogen (secondary N) is 1. The molecule has 30 heavy (non-hydrogen) atoms. The van der Waals surface area contributed by atoms with Gasteiger partial charge in [-0.1, -0.05) is 6.92 Å². The van der Waals surface area contributed by atoms with Crippen molar-refractivity contribution >= 4 is 12.0 Å². The van der Waals surface area contributed by atoms with Crippen LogP contribution in [0.25, 0.3) is 0 Å². The number of nitrogens with zero attached hydrogens (tertiary/aromatic N) is 2. The number of carbonyl (C=O) groups is 1. The van der Waals surface area contributed by atoms with Crippen molar-refractivity contribution in [2.75, 3.05) is 26.8 Å². The van der Waals surface area contributed by atoms with Crippen LogP contribution in [0.5, 0.6) is 0 Å². The smallest absolute Gasteiger partial charge is 0.159 e. The number of aliphatic hydroxyl groups is 1. The van der Waals surface area contributed by atoms with E-state index in [0.29, 0.717) is 36.0 Å². The number of fused-ring (bicyclic) bond motifs is 5. The van der Waals surface area contributed by atoms with Crippen molar-refractivity contribution in [1.82, 2.24) is 10.5 Å². The van der Waals surface area contributed by atoms with E-state index >= 15 is 0 Å². The second-order valence-electron chi connectivity index (χ2n) is 11.1. The second-order valence-corrected chi connectivity index (χ2v) is 11.1. The number of aliphatic hydroxyl groups excluding tert-OH is 1. The highest BCUT2D eigenvalue weighted by molar-refractivity contribution is 5.84. The number of hydrogen-bond donors (Lipinski definition) is 2. The highest BCUT2D eigenvalue weighted by Crippen LogP contribution is 2.67. The molecule has 5 aliphatic rings.